The van der Waals surface area contributed by atoms with Crippen LogP contribution in [0.15, 0.2) is 22.9 Å². The molecule has 0 aliphatic heterocycles. The van der Waals surface area contributed by atoms with Crippen LogP contribution < -0.4 is 10.6 Å². The number of aromatic nitrogens is 2. The summed E-state index contributed by atoms with van der Waals surface area (Å²) in [5.74, 6) is 1.57. The third-order valence-electron chi connectivity index (χ3n) is 3.06. The normalized spacial score (nSPS) is 10.9. The molecule has 0 spiro atoms. The van der Waals surface area contributed by atoms with E-state index < -0.39 is 0 Å². The van der Waals surface area contributed by atoms with E-state index in [0.717, 1.165) is 29.0 Å². The summed E-state index contributed by atoms with van der Waals surface area (Å²) in [5.41, 5.74) is 1.28. The predicted molar refractivity (Wildman–Crippen MR) is 88.0 cm³/mol. The molecule has 3 aromatic rings. The maximum atomic E-state index is 4.54. The van der Waals surface area contributed by atoms with Gasteiger partial charge in [0.1, 0.15) is 10.6 Å². The largest absolute Gasteiger partial charge is 0.365 e. The highest BCUT2D eigenvalue weighted by atomic mass is 32.1. The fourth-order valence-corrected chi connectivity index (χ4v) is 3.61. The van der Waals surface area contributed by atoms with Gasteiger partial charge in [-0.3, -0.25) is 0 Å². The van der Waals surface area contributed by atoms with Gasteiger partial charge in [0.2, 0.25) is 5.95 Å². The molecule has 0 radical (unpaired) electrons. The molecule has 0 aliphatic rings. The van der Waals surface area contributed by atoms with Crippen molar-refractivity contribution in [2.45, 2.75) is 19.9 Å². The van der Waals surface area contributed by atoms with E-state index in [2.05, 4.69) is 50.4 Å². The monoisotopic (exact) mass is 304 g/mol. The second kappa shape index (κ2) is 5.76. The zero-order valence-corrected chi connectivity index (χ0v) is 13.1. The average molecular weight is 304 g/mol. The van der Waals surface area contributed by atoms with Crippen molar-refractivity contribution >= 4 is 44.7 Å². The van der Waals surface area contributed by atoms with Crippen LogP contribution >= 0.6 is 22.7 Å². The second-order valence-electron chi connectivity index (χ2n) is 4.42. The third kappa shape index (κ3) is 2.62. The number of rotatable bonds is 5. The number of hydrogen-bond acceptors (Lipinski definition) is 6. The van der Waals surface area contributed by atoms with Crippen molar-refractivity contribution in [1.82, 2.24) is 9.97 Å². The number of fused-ring (bicyclic) bond motifs is 1. The van der Waals surface area contributed by atoms with Crippen molar-refractivity contribution in [3.8, 4) is 0 Å². The summed E-state index contributed by atoms with van der Waals surface area (Å²) in [5, 5.41) is 11.8. The Kier molecular flexibility index (Phi) is 3.84. The Balaban J connectivity index is 1.96. The van der Waals surface area contributed by atoms with Gasteiger partial charge < -0.3 is 10.6 Å². The van der Waals surface area contributed by atoms with Crippen LogP contribution in [-0.4, -0.2) is 17.0 Å². The first-order chi connectivity index (χ1) is 9.80. The standard InChI is InChI=1S/C14H16N4S2/c1-3-10-6-11-12(16-7-9-4-5-19-8-9)17-14(15-2)18-13(11)20-10/h4-6,8H,3,7H2,1-2H3,(H2,15,16,17,18). The Morgan fingerprint density at radius 2 is 2.20 bits per heavy atom. The summed E-state index contributed by atoms with van der Waals surface area (Å²) in [6.07, 6.45) is 1.03. The maximum Gasteiger partial charge on any atom is 0.225 e. The lowest BCUT2D eigenvalue weighted by atomic mass is 10.3. The number of anilines is 2. The Morgan fingerprint density at radius 1 is 1.30 bits per heavy atom. The number of nitrogens with zero attached hydrogens (tertiary/aromatic N) is 2. The molecule has 104 valence electrons. The van der Waals surface area contributed by atoms with Crippen molar-refractivity contribution in [2.24, 2.45) is 0 Å². The van der Waals surface area contributed by atoms with Crippen LogP contribution in [0.1, 0.15) is 17.4 Å². The van der Waals surface area contributed by atoms with Crippen LogP contribution in [-0.2, 0) is 13.0 Å². The minimum Gasteiger partial charge on any atom is -0.365 e. The lowest BCUT2D eigenvalue weighted by molar-refractivity contribution is 1.11. The molecule has 3 rings (SSSR count). The number of thiophene rings is 2. The highest BCUT2D eigenvalue weighted by Gasteiger charge is 2.10. The SMILES string of the molecule is CCc1cc2c(NCc3ccsc3)nc(NC)nc2s1. The number of nitrogens with one attached hydrogen (secondary N) is 2. The molecule has 0 aromatic carbocycles. The molecule has 20 heavy (non-hydrogen) atoms. The van der Waals surface area contributed by atoms with Gasteiger partial charge in [0, 0.05) is 18.5 Å². The Morgan fingerprint density at radius 3 is 2.90 bits per heavy atom. The fourth-order valence-electron chi connectivity index (χ4n) is 1.97. The van der Waals surface area contributed by atoms with Crippen LogP contribution in [0.3, 0.4) is 0 Å². The molecule has 0 amide bonds. The van der Waals surface area contributed by atoms with Gasteiger partial charge >= 0.3 is 0 Å². The van der Waals surface area contributed by atoms with Crippen LogP contribution in [0.5, 0.6) is 0 Å². The van der Waals surface area contributed by atoms with E-state index in [-0.39, 0.29) is 0 Å². The first-order valence-electron chi connectivity index (χ1n) is 6.53. The Labute approximate surface area is 125 Å². The maximum absolute atomic E-state index is 4.54. The molecule has 6 heteroatoms. The van der Waals surface area contributed by atoms with Gasteiger partial charge in [-0.05, 0) is 34.9 Å². The summed E-state index contributed by atoms with van der Waals surface area (Å²) in [7, 11) is 1.85. The molecule has 0 unspecified atom stereocenters. The van der Waals surface area contributed by atoms with Crippen molar-refractivity contribution in [2.75, 3.05) is 17.7 Å². The Hall–Kier alpha value is -1.66. The minimum absolute atomic E-state index is 0.662. The summed E-state index contributed by atoms with van der Waals surface area (Å²) < 4.78 is 0. The summed E-state index contributed by atoms with van der Waals surface area (Å²) in [6, 6.07) is 4.31. The highest BCUT2D eigenvalue weighted by molar-refractivity contribution is 7.18. The molecule has 3 aromatic heterocycles. The van der Waals surface area contributed by atoms with Crippen LogP contribution in [0.4, 0.5) is 11.8 Å². The molecule has 0 aliphatic carbocycles. The summed E-state index contributed by atoms with van der Waals surface area (Å²) in [6.45, 7) is 2.95. The van der Waals surface area contributed by atoms with Crippen LogP contribution in [0.2, 0.25) is 0 Å². The van der Waals surface area contributed by atoms with Crippen molar-refractivity contribution in [3.05, 3.63) is 33.3 Å². The molecular weight excluding hydrogens is 288 g/mol. The zero-order chi connectivity index (χ0) is 13.9. The molecule has 4 nitrogen and oxygen atoms in total. The third-order valence-corrected chi connectivity index (χ3v) is 4.96. The van der Waals surface area contributed by atoms with Gasteiger partial charge in [-0.2, -0.15) is 16.3 Å². The minimum atomic E-state index is 0.662. The molecule has 2 N–H and O–H groups in total. The number of aryl methyl sites for hydroxylation is 1. The topological polar surface area (TPSA) is 49.8 Å². The highest BCUT2D eigenvalue weighted by Crippen LogP contribution is 2.30. The van der Waals surface area contributed by atoms with E-state index in [1.165, 1.54) is 10.4 Å². The van der Waals surface area contributed by atoms with E-state index in [9.17, 15) is 0 Å². The Bertz CT molecular complexity index is 703. The molecule has 0 saturated carbocycles. The van der Waals surface area contributed by atoms with Gasteiger partial charge in [-0.25, -0.2) is 4.98 Å². The molecule has 0 atom stereocenters. The fraction of sp³-hybridized carbons (Fsp3) is 0.286. The molecule has 0 saturated heterocycles. The first kappa shape index (κ1) is 13.3. The molecule has 0 fully saturated rings. The van der Waals surface area contributed by atoms with Crippen molar-refractivity contribution in [3.63, 3.8) is 0 Å². The summed E-state index contributed by atoms with van der Waals surface area (Å²) >= 11 is 3.45. The molecule has 0 bridgehead atoms. The summed E-state index contributed by atoms with van der Waals surface area (Å²) in [4.78, 5) is 11.4. The lowest BCUT2D eigenvalue weighted by Gasteiger charge is -2.07. The van der Waals surface area contributed by atoms with Gasteiger partial charge in [-0.15, -0.1) is 11.3 Å². The van der Waals surface area contributed by atoms with Crippen molar-refractivity contribution in [1.29, 1.82) is 0 Å². The first-order valence-corrected chi connectivity index (χ1v) is 8.29. The van der Waals surface area contributed by atoms with Gasteiger partial charge in [0.15, 0.2) is 0 Å². The molecular formula is C14H16N4S2. The quantitative estimate of drug-likeness (QED) is 0.749. The van der Waals surface area contributed by atoms with E-state index in [1.54, 1.807) is 22.7 Å². The molecule has 3 heterocycles. The van der Waals surface area contributed by atoms with E-state index in [4.69, 9.17) is 0 Å². The van der Waals surface area contributed by atoms with E-state index in [0.29, 0.717) is 5.95 Å². The van der Waals surface area contributed by atoms with Crippen molar-refractivity contribution < 1.29 is 0 Å². The van der Waals surface area contributed by atoms with Crippen LogP contribution in [0, 0.1) is 0 Å². The number of hydrogen-bond donors (Lipinski definition) is 2. The van der Waals surface area contributed by atoms with Crippen LogP contribution in [0.25, 0.3) is 10.2 Å². The predicted octanol–water partition coefficient (Wildman–Crippen LogP) is 3.97. The van der Waals surface area contributed by atoms with E-state index >= 15 is 0 Å². The van der Waals surface area contributed by atoms with Gasteiger partial charge in [0.25, 0.3) is 0 Å². The van der Waals surface area contributed by atoms with Gasteiger partial charge in [0.05, 0.1) is 5.39 Å². The smallest absolute Gasteiger partial charge is 0.225 e. The van der Waals surface area contributed by atoms with Gasteiger partial charge in [-0.1, -0.05) is 6.92 Å². The zero-order valence-electron chi connectivity index (χ0n) is 11.4. The van der Waals surface area contributed by atoms with E-state index in [1.807, 2.05) is 7.05 Å². The average Bonchev–Trinajstić information content (AvgIpc) is 3.12. The lowest BCUT2D eigenvalue weighted by Crippen LogP contribution is -2.04. The second-order valence-corrected chi connectivity index (χ2v) is 6.31.